The van der Waals surface area contributed by atoms with Crippen molar-refractivity contribution in [1.29, 1.82) is 0 Å². The minimum absolute atomic E-state index is 0.114. The van der Waals surface area contributed by atoms with Crippen LogP contribution in [0.2, 0.25) is 5.02 Å². The maximum absolute atomic E-state index is 12.3. The molecular formula is C18H16ClN3O4. The van der Waals surface area contributed by atoms with E-state index in [2.05, 4.69) is 15.1 Å². The lowest BCUT2D eigenvalue weighted by molar-refractivity contribution is 0.0422. The molecule has 1 aromatic carbocycles. The smallest absolute Gasteiger partial charge is 0.355 e. The molecule has 3 aromatic rings. The number of carbonyl (C=O) groups is 2. The number of rotatable bonds is 5. The first-order chi connectivity index (χ1) is 12.4. The average molecular weight is 374 g/mol. The Kier molecular flexibility index (Phi) is 4.90. The first-order valence-electron chi connectivity index (χ1n) is 7.83. The number of aromatic amines is 1. The lowest BCUT2D eigenvalue weighted by Gasteiger charge is -2.01. The highest BCUT2D eigenvalue weighted by Gasteiger charge is 2.21. The Labute approximate surface area is 154 Å². The molecule has 0 fully saturated rings. The minimum atomic E-state index is -0.601. The number of hydrogen-bond donors (Lipinski definition) is 1. The monoisotopic (exact) mass is 373 g/mol. The number of nitrogens with one attached hydrogen (secondary N) is 1. The van der Waals surface area contributed by atoms with Gasteiger partial charge in [-0.2, -0.15) is 4.98 Å². The highest BCUT2D eigenvalue weighted by molar-refractivity contribution is 6.33. The third-order valence-electron chi connectivity index (χ3n) is 3.90. The Morgan fingerprint density at radius 2 is 2.00 bits per heavy atom. The van der Waals surface area contributed by atoms with Crippen molar-refractivity contribution in [2.45, 2.75) is 27.4 Å². The first-order valence-corrected chi connectivity index (χ1v) is 8.21. The minimum Gasteiger partial charge on any atom is -0.451 e. The summed E-state index contributed by atoms with van der Waals surface area (Å²) >= 11 is 6.10. The number of halogens is 1. The van der Waals surface area contributed by atoms with Gasteiger partial charge in [0.25, 0.3) is 5.89 Å². The van der Waals surface area contributed by atoms with Gasteiger partial charge in [-0.25, -0.2) is 4.79 Å². The molecule has 26 heavy (non-hydrogen) atoms. The molecule has 0 saturated heterocycles. The van der Waals surface area contributed by atoms with E-state index in [1.54, 1.807) is 38.1 Å². The molecule has 0 radical (unpaired) electrons. The van der Waals surface area contributed by atoms with E-state index < -0.39 is 5.97 Å². The molecule has 7 nitrogen and oxygen atoms in total. The third-order valence-corrected chi connectivity index (χ3v) is 4.23. The fourth-order valence-corrected chi connectivity index (χ4v) is 2.97. The Balaban J connectivity index is 1.72. The maximum Gasteiger partial charge on any atom is 0.355 e. The number of esters is 1. The van der Waals surface area contributed by atoms with E-state index in [4.69, 9.17) is 20.9 Å². The van der Waals surface area contributed by atoms with Crippen molar-refractivity contribution in [1.82, 2.24) is 15.1 Å². The molecule has 1 N–H and O–H groups in total. The van der Waals surface area contributed by atoms with E-state index in [9.17, 15) is 9.59 Å². The third kappa shape index (κ3) is 3.39. The van der Waals surface area contributed by atoms with Gasteiger partial charge in [0.2, 0.25) is 5.82 Å². The van der Waals surface area contributed by atoms with Crippen LogP contribution in [-0.2, 0) is 11.3 Å². The van der Waals surface area contributed by atoms with Gasteiger partial charge in [-0.15, -0.1) is 0 Å². The topological polar surface area (TPSA) is 98.1 Å². The summed E-state index contributed by atoms with van der Waals surface area (Å²) in [5.41, 5.74) is 2.54. The average Bonchev–Trinajstić information content (AvgIpc) is 3.17. The Morgan fingerprint density at radius 1 is 1.27 bits per heavy atom. The molecule has 2 aromatic heterocycles. The van der Waals surface area contributed by atoms with Crippen LogP contribution in [0.15, 0.2) is 28.8 Å². The first kappa shape index (κ1) is 17.9. The highest BCUT2D eigenvalue weighted by atomic mass is 35.5. The molecule has 0 amide bonds. The lowest BCUT2D eigenvalue weighted by Crippen LogP contribution is -2.08. The predicted molar refractivity (Wildman–Crippen MR) is 94.1 cm³/mol. The van der Waals surface area contributed by atoms with Gasteiger partial charge < -0.3 is 14.2 Å². The number of ether oxygens (including phenoxy) is 1. The van der Waals surface area contributed by atoms with Crippen molar-refractivity contribution < 1.29 is 18.8 Å². The van der Waals surface area contributed by atoms with Crippen LogP contribution in [0.4, 0.5) is 0 Å². The van der Waals surface area contributed by atoms with Gasteiger partial charge >= 0.3 is 5.97 Å². The zero-order valence-corrected chi connectivity index (χ0v) is 15.2. The summed E-state index contributed by atoms with van der Waals surface area (Å²) < 4.78 is 10.3. The number of Topliss-reactive ketones (excluding diaryl/α,β-unsaturated/α-hetero) is 1. The van der Waals surface area contributed by atoms with Crippen LogP contribution < -0.4 is 0 Å². The van der Waals surface area contributed by atoms with Crippen LogP contribution in [0.1, 0.15) is 44.9 Å². The van der Waals surface area contributed by atoms with E-state index in [1.165, 1.54) is 6.92 Å². The summed E-state index contributed by atoms with van der Waals surface area (Å²) in [4.78, 5) is 31.0. The Bertz CT molecular complexity index is 990. The normalized spacial score (nSPS) is 10.8. The molecule has 3 rings (SSSR count). The van der Waals surface area contributed by atoms with Crippen molar-refractivity contribution in [3.8, 4) is 11.4 Å². The molecule has 0 unspecified atom stereocenters. The van der Waals surface area contributed by atoms with Crippen LogP contribution in [0.25, 0.3) is 11.4 Å². The number of benzene rings is 1. The molecule has 0 aliphatic heterocycles. The molecule has 134 valence electrons. The van der Waals surface area contributed by atoms with Gasteiger partial charge in [0.15, 0.2) is 12.4 Å². The van der Waals surface area contributed by atoms with Crippen molar-refractivity contribution in [3.63, 3.8) is 0 Å². The fraction of sp³-hybridized carbons (Fsp3) is 0.222. The second kappa shape index (κ2) is 7.13. The lowest BCUT2D eigenvalue weighted by atomic mass is 10.1. The molecule has 0 aliphatic carbocycles. The maximum atomic E-state index is 12.3. The number of hydrogen-bond acceptors (Lipinski definition) is 6. The van der Waals surface area contributed by atoms with Crippen LogP contribution in [0, 0.1) is 13.8 Å². The molecule has 0 saturated carbocycles. The number of nitrogens with zero attached hydrogens (tertiary/aromatic N) is 2. The van der Waals surface area contributed by atoms with Crippen LogP contribution in [0.5, 0.6) is 0 Å². The summed E-state index contributed by atoms with van der Waals surface area (Å²) in [7, 11) is 0. The molecule has 2 heterocycles. The van der Waals surface area contributed by atoms with Gasteiger partial charge in [0, 0.05) is 16.8 Å². The van der Waals surface area contributed by atoms with Crippen molar-refractivity contribution in [3.05, 3.63) is 57.7 Å². The van der Waals surface area contributed by atoms with Crippen LogP contribution in [0.3, 0.4) is 0 Å². The summed E-state index contributed by atoms with van der Waals surface area (Å²) in [6.45, 7) is 4.68. The second-order valence-corrected chi connectivity index (χ2v) is 6.16. The Hall–Kier alpha value is -2.93. The molecule has 0 atom stereocenters. The van der Waals surface area contributed by atoms with Gasteiger partial charge in [-0.3, -0.25) is 4.79 Å². The number of carbonyl (C=O) groups excluding carboxylic acids is 2. The van der Waals surface area contributed by atoms with E-state index >= 15 is 0 Å². The SMILES string of the molecule is CC(=O)c1c(C)[nH]c(C(=O)OCc2nc(-c3ccccc3Cl)no2)c1C. The quantitative estimate of drug-likeness (QED) is 0.538. The number of ketones is 1. The van der Waals surface area contributed by atoms with Gasteiger partial charge in [0.05, 0.1) is 5.02 Å². The van der Waals surface area contributed by atoms with Gasteiger partial charge in [0.1, 0.15) is 5.69 Å². The zero-order chi connectivity index (χ0) is 18.8. The zero-order valence-electron chi connectivity index (χ0n) is 14.4. The van der Waals surface area contributed by atoms with Crippen molar-refractivity contribution in [2.24, 2.45) is 0 Å². The second-order valence-electron chi connectivity index (χ2n) is 5.75. The van der Waals surface area contributed by atoms with Gasteiger partial charge in [-0.1, -0.05) is 28.9 Å². The number of H-pyrrole nitrogens is 1. The van der Waals surface area contributed by atoms with Crippen LogP contribution in [-0.4, -0.2) is 26.9 Å². The van der Waals surface area contributed by atoms with E-state index in [1.807, 2.05) is 0 Å². The highest BCUT2D eigenvalue weighted by Crippen LogP contribution is 2.25. The van der Waals surface area contributed by atoms with E-state index in [0.29, 0.717) is 33.2 Å². The summed E-state index contributed by atoms with van der Waals surface area (Å²) in [6.07, 6.45) is 0. The molecule has 0 aliphatic rings. The summed E-state index contributed by atoms with van der Waals surface area (Å²) in [5, 5.41) is 4.33. The van der Waals surface area contributed by atoms with Crippen molar-refractivity contribution in [2.75, 3.05) is 0 Å². The molecule has 0 spiro atoms. The standard InChI is InChI=1S/C18H16ClN3O4/c1-9-15(11(3)23)10(2)20-16(9)18(24)25-8-14-21-17(22-26-14)12-6-4-5-7-13(12)19/h4-7,20H,8H2,1-3H3. The summed E-state index contributed by atoms with van der Waals surface area (Å²) in [6, 6.07) is 7.08. The largest absolute Gasteiger partial charge is 0.451 e. The number of aryl methyl sites for hydroxylation is 1. The van der Waals surface area contributed by atoms with Crippen LogP contribution >= 0.6 is 11.6 Å². The van der Waals surface area contributed by atoms with Crippen molar-refractivity contribution >= 4 is 23.4 Å². The molecule has 0 bridgehead atoms. The fourth-order valence-electron chi connectivity index (χ4n) is 2.75. The Morgan fingerprint density at radius 3 is 2.65 bits per heavy atom. The predicted octanol–water partition coefficient (Wildman–Crippen LogP) is 3.89. The van der Waals surface area contributed by atoms with E-state index in [0.717, 1.165) is 0 Å². The number of aromatic nitrogens is 3. The summed E-state index contributed by atoms with van der Waals surface area (Å²) in [5.74, 6) is -0.263. The van der Waals surface area contributed by atoms with Gasteiger partial charge in [-0.05, 0) is 38.5 Å². The van der Waals surface area contributed by atoms with E-state index in [-0.39, 0.29) is 24.0 Å². The molecular weight excluding hydrogens is 358 g/mol. The molecule has 8 heteroatoms.